The van der Waals surface area contributed by atoms with Crippen LogP contribution in [-0.4, -0.2) is 116 Å². The number of nitrogens with zero attached hydrogens (tertiary/aromatic N) is 6. The molecular formula is C51H56ClN7O8. The molecule has 1 unspecified atom stereocenters. The van der Waals surface area contributed by atoms with Crippen LogP contribution in [-0.2, 0) is 40.9 Å². The van der Waals surface area contributed by atoms with Gasteiger partial charge in [-0.1, -0.05) is 74.0 Å². The number of aryl methyl sites for hydroxylation is 3. The van der Waals surface area contributed by atoms with Crippen LogP contribution in [0.15, 0.2) is 72.8 Å². The van der Waals surface area contributed by atoms with Gasteiger partial charge in [0.15, 0.2) is 6.61 Å². The number of rotatable bonds is 14. The normalized spacial score (nSPS) is 16.3. The fourth-order valence-corrected chi connectivity index (χ4v) is 9.97. The molecule has 1 atom stereocenters. The number of aromatic carboxylic acids is 1. The van der Waals surface area contributed by atoms with E-state index in [0.29, 0.717) is 80.6 Å². The summed E-state index contributed by atoms with van der Waals surface area (Å²) in [5.41, 5.74) is 6.03. The summed E-state index contributed by atoms with van der Waals surface area (Å²) < 4.78 is 16.0. The molecule has 0 bridgehead atoms. The zero-order chi connectivity index (χ0) is 47.5. The molecule has 2 fully saturated rings. The summed E-state index contributed by atoms with van der Waals surface area (Å²) in [5, 5.41) is 21.4. The summed E-state index contributed by atoms with van der Waals surface area (Å²) in [6, 6.07) is 22.1. The number of amides is 4. The number of carboxylic acid groups (broad SMARTS) is 1. The molecule has 4 aromatic carbocycles. The molecule has 3 aliphatic rings. The molecular weight excluding hydrogens is 874 g/mol. The molecule has 6 aromatic rings. The molecule has 3 aliphatic heterocycles. The fourth-order valence-electron chi connectivity index (χ4n) is 9.73. The Hall–Kier alpha value is -6.71. The number of carboxylic acids is 1. The average Bonchev–Trinajstić information content (AvgIpc) is 3.93. The molecule has 16 heteroatoms. The number of benzene rings is 4. The summed E-state index contributed by atoms with van der Waals surface area (Å²) in [6.07, 6.45) is 1.45. The molecule has 0 radical (unpaired) electrons. The lowest BCUT2D eigenvalue weighted by Crippen LogP contribution is -2.52. The largest absolute Gasteiger partial charge is 0.493 e. The highest BCUT2D eigenvalue weighted by Gasteiger charge is 2.40. The smallest absolute Gasteiger partial charge is 0.352 e. The van der Waals surface area contributed by atoms with Crippen molar-refractivity contribution in [2.75, 3.05) is 45.9 Å². The van der Waals surface area contributed by atoms with E-state index in [9.17, 15) is 29.1 Å². The van der Waals surface area contributed by atoms with E-state index in [0.717, 1.165) is 55.5 Å². The lowest BCUT2D eigenvalue weighted by atomic mass is 9.98. The Morgan fingerprint density at radius 1 is 0.866 bits per heavy atom. The molecule has 5 heterocycles. The first-order valence-electron chi connectivity index (χ1n) is 23.0. The maximum Gasteiger partial charge on any atom is 0.352 e. The lowest BCUT2D eigenvalue weighted by Gasteiger charge is -2.35. The number of halogens is 1. The highest BCUT2D eigenvalue weighted by atomic mass is 35.5. The van der Waals surface area contributed by atoms with Gasteiger partial charge in [-0.15, -0.1) is 0 Å². The third-order valence-electron chi connectivity index (χ3n) is 13.1. The summed E-state index contributed by atoms with van der Waals surface area (Å²) in [5.74, 6) is -1.20. The first-order chi connectivity index (χ1) is 32.4. The summed E-state index contributed by atoms with van der Waals surface area (Å²) in [4.78, 5) is 69.9. The van der Waals surface area contributed by atoms with E-state index in [4.69, 9.17) is 21.1 Å². The fraction of sp³-hybridized carbons (Fsp3) is 0.373. The van der Waals surface area contributed by atoms with Crippen molar-refractivity contribution in [3.63, 3.8) is 0 Å². The van der Waals surface area contributed by atoms with Gasteiger partial charge < -0.3 is 28.9 Å². The van der Waals surface area contributed by atoms with Crippen LogP contribution in [0.4, 0.5) is 0 Å². The number of piperidine rings is 1. The Labute approximate surface area is 394 Å². The first-order valence-corrected chi connectivity index (χ1v) is 23.3. The monoisotopic (exact) mass is 929 g/mol. The topological polar surface area (TPSA) is 169 Å². The number of fused-ring (bicyclic) bond motifs is 3. The highest BCUT2D eigenvalue weighted by molar-refractivity contribution is 6.35. The van der Waals surface area contributed by atoms with Crippen molar-refractivity contribution in [1.82, 2.24) is 34.4 Å². The van der Waals surface area contributed by atoms with Gasteiger partial charge in [-0.3, -0.25) is 34.1 Å². The quantitative estimate of drug-likeness (QED) is 0.0843. The van der Waals surface area contributed by atoms with Crippen molar-refractivity contribution in [1.29, 1.82) is 0 Å². The van der Waals surface area contributed by atoms with E-state index in [1.54, 1.807) is 23.1 Å². The van der Waals surface area contributed by atoms with Crippen LogP contribution in [0.3, 0.4) is 0 Å². The molecule has 15 nitrogen and oxygen atoms in total. The van der Waals surface area contributed by atoms with Crippen molar-refractivity contribution < 1.29 is 38.6 Å². The van der Waals surface area contributed by atoms with Gasteiger partial charge in [-0.25, -0.2) is 4.79 Å². The number of nitrogens with one attached hydrogen (secondary N) is 1. The predicted octanol–water partition coefficient (Wildman–Crippen LogP) is 7.19. The van der Waals surface area contributed by atoms with E-state index in [-0.39, 0.29) is 49.4 Å². The summed E-state index contributed by atoms with van der Waals surface area (Å²) in [7, 11) is 1.88. The van der Waals surface area contributed by atoms with Crippen LogP contribution in [0.5, 0.6) is 11.5 Å². The van der Waals surface area contributed by atoms with Crippen LogP contribution in [0.1, 0.15) is 76.5 Å². The molecule has 350 valence electrons. The Balaban J connectivity index is 0.00000300. The number of carbonyl (C=O) groups is 5. The molecule has 67 heavy (non-hydrogen) atoms. The first kappa shape index (κ1) is 46.8. The Morgan fingerprint density at radius 2 is 1.60 bits per heavy atom. The Kier molecular flexibility index (Phi) is 14.0. The zero-order valence-corrected chi connectivity index (χ0v) is 39.3. The lowest BCUT2D eigenvalue weighted by molar-refractivity contribution is -0.137. The van der Waals surface area contributed by atoms with Crippen molar-refractivity contribution in [3.8, 4) is 22.6 Å². The van der Waals surface area contributed by atoms with Crippen LogP contribution in [0.25, 0.3) is 32.8 Å². The third kappa shape index (κ3) is 9.22. The number of hydrogen-bond acceptors (Lipinski definition) is 9. The number of ether oxygens (including phenoxy) is 2. The second kappa shape index (κ2) is 20.0. The van der Waals surface area contributed by atoms with Crippen LogP contribution >= 0.6 is 11.6 Å². The maximum absolute atomic E-state index is 13.5. The van der Waals surface area contributed by atoms with Crippen molar-refractivity contribution >= 4 is 62.9 Å². The van der Waals surface area contributed by atoms with E-state index in [1.807, 2.05) is 98.6 Å². The van der Waals surface area contributed by atoms with Crippen LogP contribution in [0, 0.1) is 13.8 Å². The van der Waals surface area contributed by atoms with Gasteiger partial charge >= 0.3 is 5.97 Å². The minimum Gasteiger partial charge on any atom is -0.493 e. The number of hydrogen-bond donors (Lipinski definition) is 2. The number of piperazine rings is 1. The van der Waals surface area contributed by atoms with E-state index in [1.165, 1.54) is 4.90 Å². The Bertz CT molecular complexity index is 2890. The minimum atomic E-state index is -1.03. The summed E-state index contributed by atoms with van der Waals surface area (Å²) in [6.45, 7) is 11.1. The van der Waals surface area contributed by atoms with Crippen molar-refractivity contribution in [2.24, 2.45) is 7.05 Å². The molecule has 4 amide bonds. The molecule has 2 saturated heterocycles. The number of imide groups is 1. The summed E-state index contributed by atoms with van der Waals surface area (Å²) >= 11 is 7.07. The molecule has 0 aliphatic carbocycles. The van der Waals surface area contributed by atoms with Gasteiger partial charge in [-0.2, -0.15) is 5.10 Å². The molecule has 2 N–H and O–H groups in total. The van der Waals surface area contributed by atoms with Crippen LogP contribution < -0.4 is 14.8 Å². The zero-order valence-electron chi connectivity index (χ0n) is 38.6. The number of aromatic nitrogens is 3. The highest BCUT2D eigenvalue weighted by Crippen LogP contribution is 2.42. The maximum atomic E-state index is 13.5. The minimum absolute atomic E-state index is 0.140. The third-order valence-corrected chi connectivity index (χ3v) is 13.4. The SMILES string of the molecule is CC.Cc1nn(C)c(C)c1-c1c(Cl)ccc2c(CCCOc3cccc4ccccc34)c(C(=O)O)n(CCN3CCN(C(=O)COc4cccc5c4CN(C4CCC(=O)NC4=O)C5=O)CC3)c12. The second-order valence-electron chi connectivity index (χ2n) is 16.9. The molecule has 2 aromatic heterocycles. The molecule has 0 saturated carbocycles. The molecule has 9 rings (SSSR count). The van der Waals surface area contributed by atoms with E-state index in [2.05, 4.69) is 15.3 Å². The van der Waals surface area contributed by atoms with Crippen LogP contribution in [0.2, 0.25) is 5.02 Å². The van der Waals surface area contributed by atoms with Crippen molar-refractivity contribution in [2.45, 2.75) is 72.5 Å². The van der Waals surface area contributed by atoms with Gasteiger partial charge in [0, 0.05) is 91.5 Å². The molecule has 0 spiro atoms. The average molecular weight is 931 g/mol. The second-order valence-corrected chi connectivity index (χ2v) is 17.3. The number of carbonyl (C=O) groups excluding carboxylic acids is 4. The predicted molar refractivity (Wildman–Crippen MR) is 256 cm³/mol. The van der Waals surface area contributed by atoms with Gasteiger partial charge in [0.25, 0.3) is 11.8 Å². The standard InChI is InChI=1S/C49H50ClN7O8.C2H6/c1-29-43(30(2)53(3)52-29)44-37(50)17-16-34-33(13-8-26-64-39-14-6-10-31-9-4-5-11-32(31)39)46(49(62)63)56(45(34)44)25-22-54-20-23-55(24-21-54)42(59)28-65-40-15-7-12-35-36(40)27-57(48(35)61)38-18-19-41(58)51-47(38)60;1-2/h4-7,9-12,14-17,38H,8,13,18-28H2,1-3H3,(H,62,63)(H,51,58,60);1-2H3. The van der Waals surface area contributed by atoms with Gasteiger partial charge in [0.2, 0.25) is 11.8 Å². The van der Waals surface area contributed by atoms with Crippen molar-refractivity contribution in [3.05, 3.63) is 112 Å². The van der Waals surface area contributed by atoms with Gasteiger partial charge in [-0.05, 0) is 68.3 Å². The van der Waals surface area contributed by atoms with Gasteiger partial charge in [0.05, 0.1) is 29.4 Å². The van der Waals surface area contributed by atoms with E-state index < -0.39 is 17.9 Å². The van der Waals surface area contributed by atoms with E-state index >= 15 is 0 Å². The van der Waals surface area contributed by atoms with Gasteiger partial charge in [0.1, 0.15) is 23.2 Å². The Morgan fingerprint density at radius 3 is 2.33 bits per heavy atom.